The van der Waals surface area contributed by atoms with Gasteiger partial charge in [0.05, 0.1) is 11.7 Å². The summed E-state index contributed by atoms with van der Waals surface area (Å²) in [4.78, 5) is 15.4. The summed E-state index contributed by atoms with van der Waals surface area (Å²) in [6.07, 6.45) is 1.41. The first kappa shape index (κ1) is 10.8. The van der Waals surface area contributed by atoms with Gasteiger partial charge in [0, 0.05) is 5.39 Å². The fourth-order valence-corrected chi connectivity index (χ4v) is 2.40. The molecule has 0 radical (unpaired) electrons. The van der Waals surface area contributed by atoms with Crippen molar-refractivity contribution in [1.82, 2.24) is 9.38 Å². The number of rotatable bonds is 1. The van der Waals surface area contributed by atoms with E-state index in [9.17, 15) is 9.90 Å². The van der Waals surface area contributed by atoms with E-state index < -0.39 is 5.97 Å². The van der Waals surface area contributed by atoms with Gasteiger partial charge in [-0.3, -0.25) is 4.40 Å². The van der Waals surface area contributed by atoms with E-state index in [4.69, 9.17) is 0 Å². The number of hydrogen-bond donors (Lipinski definition) is 1. The van der Waals surface area contributed by atoms with Crippen LogP contribution in [0.2, 0.25) is 0 Å². The first-order valence-corrected chi connectivity index (χ1v) is 5.69. The molecule has 4 nitrogen and oxygen atoms in total. The number of carbonyl (C=O) groups is 1. The maximum absolute atomic E-state index is 11.3. The van der Waals surface area contributed by atoms with Gasteiger partial charge in [-0.25, -0.2) is 9.78 Å². The number of aryl methyl sites for hydroxylation is 2. The molecule has 3 aromatic rings. The van der Waals surface area contributed by atoms with Gasteiger partial charge in [0.1, 0.15) is 5.65 Å². The third kappa shape index (κ3) is 1.32. The Bertz CT molecular complexity index is 787. The molecule has 0 saturated carbocycles. The highest BCUT2D eigenvalue weighted by molar-refractivity contribution is 5.93. The van der Waals surface area contributed by atoms with Gasteiger partial charge in [-0.05, 0) is 31.0 Å². The predicted molar refractivity (Wildman–Crippen MR) is 69.1 cm³/mol. The molecule has 0 aliphatic carbocycles. The minimum Gasteiger partial charge on any atom is -0.477 e. The van der Waals surface area contributed by atoms with Gasteiger partial charge in [-0.2, -0.15) is 0 Å². The Labute approximate surface area is 104 Å². The van der Waals surface area contributed by atoms with E-state index >= 15 is 0 Å². The van der Waals surface area contributed by atoms with Crippen LogP contribution in [0.15, 0.2) is 30.5 Å². The molecule has 90 valence electrons. The molecule has 3 rings (SSSR count). The standard InChI is InChI=1S/C14H12N2O2/c1-8-4-3-5-10-9(2)6-12-15-7-11(14(17)18)16(12)13(8)10/h3-7H,1-2H3,(H,17,18). The largest absolute Gasteiger partial charge is 0.477 e. The van der Waals surface area contributed by atoms with Gasteiger partial charge < -0.3 is 5.11 Å². The van der Waals surface area contributed by atoms with Crippen molar-refractivity contribution < 1.29 is 9.90 Å². The molecule has 1 aromatic carbocycles. The second kappa shape index (κ2) is 3.57. The van der Waals surface area contributed by atoms with E-state index in [1.54, 1.807) is 4.40 Å². The Morgan fingerprint density at radius 2 is 2.06 bits per heavy atom. The summed E-state index contributed by atoms with van der Waals surface area (Å²) in [5.41, 5.74) is 3.93. The van der Waals surface area contributed by atoms with Gasteiger partial charge in [-0.15, -0.1) is 0 Å². The van der Waals surface area contributed by atoms with Gasteiger partial charge in [-0.1, -0.05) is 18.2 Å². The van der Waals surface area contributed by atoms with Crippen LogP contribution >= 0.6 is 0 Å². The highest BCUT2D eigenvalue weighted by Crippen LogP contribution is 2.25. The highest BCUT2D eigenvalue weighted by atomic mass is 16.4. The zero-order chi connectivity index (χ0) is 12.9. The lowest BCUT2D eigenvalue weighted by Gasteiger charge is -2.09. The molecular weight excluding hydrogens is 228 g/mol. The van der Waals surface area contributed by atoms with Crippen LogP contribution in [0.1, 0.15) is 21.6 Å². The van der Waals surface area contributed by atoms with Crippen molar-refractivity contribution in [1.29, 1.82) is 0 Å². The van der Waals surface area contributed by atoms with Crippen molar-refractivity contribution in [2.45, 2.75) is 13.8 Å². The Kier molecular flexibility index (Phi) is 2.13. The zero-order valence-electron chi connectivity index (χ0n) is 10.1. The van der Waals surface area contributed by atoms with E-state index in [0.717, 1.165) is 22.0 Å². The van der Waals surface area contributed by atoms with Crippen molar-refractivity contribution in [3.63, 3.8) is 0 Å². The number of aromatic nitrogens is 2. The summed E-state index contributed by atoms with van der Waals surface area (Å²) in [5.74, 6) is -0.962. The van der Waals surface area contributed by atoms with Gasteiger partial charge >= 0.3 is 5.97 Å². The Morgan fingerprint density at radius 1 is 1.28 bits per heavy atom. The number of pyridine rings is 1. The minimum atomic E-state index is -0.962. The maximum atomic E-state index is 11.3. The number of hydrogen-bond acceptors (Lipinski definition) is 2. The molecule has 0 fully saturated rings. The summed E-state index contributed by atoms with van der Waals surface area (Å²) in [5, 5.41) is 10.3. The predicted octanol–water partition coefficient (Wildman–Crippen LogP) is 2.80. The van der Waals surface area contributed by atoms with Crippen LogP contribution < -0.4 is 0 Å². The van der Waals surface area contributed by atoms with E-state index in [2.05, 4.69) is 4.98 Å². The van der Waals surface area contributed by atoms with Crippen molar-refractivity contribution in [3.8, 4) is 0 Å². The molecule has 4 heteroatoms. The highest BCUT2D eigenvalue weighted by Gasteiger charge is 2.15. The van der Waals surface area contributed by atoms with Crippen molar-refractivity contribution in [3.05, 3.63) is 47.3 Å². The topological polar surface area (TPSA) is 54.6 Å². The molecule has 2 aromatic heterocycles. The van der Waals surface area contributed by atoms with Crippen LogP contribution in [-0.4, -0.2) is 20.5 Å². The van der Waals surface area contributed by atoms with Crippen LogP contribution in [0.5, 0.6) is 0 Å². The number of carboxylic acid groups (broad SMARTS) is 1. The van der Waals surface area contributed by atoms with Crippen LogP contribution in [0, 0.1) is 13.8 Å². The monoisotopic (exact) mass is 240 g/mol. The molecule has 0 aliphatic rings. The molecule has 2 heterocycles. The van der Waals surface area contributed by atoms with Crippen LogP contribution in [0.3, 0.4) is 0 Å². The number of benzene rings is 1. The average Bonchev–Trinajstić information content (AvgIpc) is 2.73. The first-order chi connectivity index (χ1) is 8.59. The number of para-hydroxylation sites is 1. The van der Waals surface area contributed by atoms with Crippen LogP contribution in [0.4, 0.5) is 0 Å². The molecule has 0 aliphatic heterocycles. The van der Waals surface area contributed by atoms with Crippen molar-refractivity contribution in [2.24, 2.45) is 0 Å². The number of carboxylic acids is 1. The molecule has 0 bridgehead atoms. The lowest BCUT2D eigenvalue weighted by atomic mass is 10.1. The minimum absolute atomic E-state index is 0.198. The average molecular weight is 240 g/mol. The third-order valence-electron chi connectivity index (χ3n) is 3.24. The normalized spacial score (nSPS) is 11.2. The molecule has 0 unspecified atom stereocenters. The van der Waals surface area contributed by atoms with Gasteiger partial charge in [0.15, 0.2) is 5.69 Å². The third-order valence-corrected chi connectivity index (χ3v) is 3.24. The fourth-order valence-electron chi connectivity index (χ4n) is 2.40. The summed E-state index contributed by atoms with van der Waals surface area (Å²) >= 11 is 0. The molecule has 1 N–H and O–H groups in total. The van der Waals surface area contributed by atoms with Crippen molar-refractivity contribution >= 4 is 22.5 Å². The second-order valence-electron chi connectivity index (χ2n) is 4.44. The number of nitrogens with zero attached hydrogens (tertiary/aromatic N) is 2. The Hall–Kier alpha value is -2.36. The molecule has 0 atom stereocenters. The maximum Gasteiger partial charge on any atom is 0.354 e. The van der Waals surface area contributed by atoms with E-state index in [-0.39, 0.29) is 5.69 Å². The summed E-state index contributed by atoms with van der Waals surface area (Å²) < 4.78 is 1.71. The fraction of sp³-hybridized carbons (Fsp3) is 0.143. The molecule has 0 spiro atoms. The van der Waals surface area contributed by atoms with Crippen LogP contribution in [-0.2, 0) is 0 Å². The van der Waals surface area contributed by atoms with Gasteiger partial charge in [0.2, 0.25) is 0 Å². The SMILES string of the molecule is Cc1cc2ncc(C(=O)O)n2c2c(C)cccc12. The van der Waals surface area contributed by atoms with E-state index in [1.165, 1.54) is 6.20 Å². The number of aromatic carboxylic acids is 1. The quantitative estimate of drug-likeness (QED) is 0.711. The Balaban J connectivity index is 2.64. The Morgan fingerprint density at radius 3 is 2.78 bits per heavy atom. The summed E-state index contributed by atoms with van der Waals surface area (Å²) in [7, 11) is 0. The lowest BCUT2D eigenvalue weighted by Crippen LogP contribution is -2.04. The molecular formula is C14H12N2O2. The first-order valence-electron chi connectivity index (χ1n) is 5.69. The smallest absolute Gasteiger partial charge is 0.354 e. The van der Waals surface area contributed by atoms with Crippen molar-refractivity contribution in [2.75, 3.05) is 0 Å². The van der Waals surface area contributed by atoms with Gasteiger partial charge in [0.25, 0.3) is 0 Å². The molecule has 0 saturated heterocycles. The number of fused-ring (bicyclic) bond motifs is 3. The zero-order valence-corrected chi connectivity index (χ0v) is 10.1. The summed E-state index contributed by atoms with van der Waals surface area (Å²) in [6, 6.07) is 7.87. The molecule has 18 heavy (non-hydrogen) atoms. The summed E-state index contributed by atoms with van der Waals surface area (Å²) in [6.45, 7) is 3.99. The number of imidazole rings is 1. The lowest BCUT2D eigenvalue weighted by molar-refractivity contribution is 0.0690. The van der Waals surface area contributed by atoms with E-state index in [0.29, 0.717) is 5.65 Å². The molecule has 0 amide bonds. The second-order valence-corrected chi connectivity index (χ2v) is 4.44. The van der Waals surface area contributed by atoms with E-state index in [1.807, 2.05) is 38.1 Å². The van der Waals surface area contributed by atoms with Crippen LogP contribution in [0.25, 0.3) is 16.6 Å².